The van der Waals surface area contributed by atoms with E-state index in [-0.39, 0.29) is 5.91 Å². The summed E-state index contributed by atoms with van der Waals surface area (Å²) in [5.74, 6) is 2.46. The zero-order valence-electron chi connectivity index (χ0n) is 6.81. The SMILES string of the molecule is C#CCNC(=O)CC1(C)CC1. The molecule has 0 bridgehead atoms. The number of terminal acetylenes is 1. The van der Waals surface area contributed by atoms with Crippen molar-refractivity contribution in [3.8, 4) is 12.3 Å². The summed E-state index contributed by atoms with van der Waals surface area (Å²) in [5.41, 5.74) is 0.290. The van der Waals surface area contributed by atoms with Gasteiger partial charge >= 0.3 is 0 Å². The lowest BCUT2D eigenvalue weighted by molar-refractivity contribution is -0.121. The van der Waals surface area contributed by atoms with Crippen LogP contribution in [0.2, 0.25) is 0 Å². The fourth-order valence-corrected chi connectivity index (χ4v) is 0.990. The van der Waals surface area contributed by atoms with Gasteiger partial charge in [0, 0.05) is 6.42 Å². The van der Waals surface area contributed by atoms with Crippen LogP contribution in [0.4, 0.5) is 0 Å². The summed E-state index contributed by atoms with van der Waals surface area (Å²) in [6.45, 7) is 2.48. The molecule has 1 aliphatic rings. The quantitative estimate of drug-likeness (QED) is 0.597. The van der Waals surface area contributed by atoms with E-state index in [2.05, 4.69) is 18.2 Å². The Balaban J connectivity index is 2.17. The Labute approximate surface area is 67.4 Å². The molecule has 1 aliphatic carbocycles. The zero-order chi connectivity index (χ0) is 8.32. The van der Waals surface area contributed by atoms with Crippen molar-refractivity contribution < 1.29 is 4.79 Å². The van der Waals surface area contributed by atoms with Crippen LogP contribution in [-0.2, 0) is 4.79 Å². The molecule has 60 valence electrons. The van der Waals surface area contributed by atoms with Crippen molar-refractivity contribution >= 4 is 5.91 Å². The van der Waals surface area contributed by atoms with Gasteiger partial charge in [0.25, 0.3) is 0 Å². The predicted octanol–water partition coefficient (Wildman–Crippen LogP) is 0.926. The van der Waals surface area contributed by atoms with E-state index in [4.69, 9.17) is 6.42 Å². The molecule has 1 rings (SSSR count). The molecule has 0 aromatic carbocycles. The highest BCUT2D eigenvalue weighted by Gasteiger charge is 2.38. The van der Waals surface area contributed by atoms with Gasteiger partial charge in [-0.15, -0.1) is 6.42 Å². The molecular formula is C9H13NO. The first-order valence-corrected chi connectivity index (χ1v) is 3.86. The number of carbonyl (C=O) groups is 1. The first-order chi connectivity index (χ1) is 5.16. The smallest absolute Gasteiger partial charge is 0.221 e. The zero-order valence-corrected chi connectivity index (χ0v) is 6.81. The third kappa shape index (κ3) is 2.63. The Morgan fingerprint density at radius 1 is 1.73 bits per heavy atom. The third-order valence-corrected chi connectivity index (χ3v) is 2.08. The van der Waals surface area contributed by atoms with E-state index in [1.807, 2.05) is 0 Å². The average Bonchev–Trinajstić information content (AvgIpc) is 2.63. The largest absolute Gasteiger partial charge is 0.345 e. The van der Waals surface area contributed by atoms with Crippen molar-refractivity contribution in [2.75, 3.05) is 6.54 Å². The second-order valence-electron chi connectivity index (χ2n) is 3.47. The molecule has 0 spiro atoms. The van der Waals surface area contributed by atoms with E-state index in [1.165, 1.54) is 12.8 Å². The Morgan fingerprint density at radius 3 is 2.82 bits per heavy atom. The highest BCUT2D eigenvalue weighted by molar-refractivity contribution is 5.77. The summed E-state index contributed by atoms with van der Waals surface area (Å²) < 4.78 is 0. The Bertz CT molecular complexity index is 198. The molecule has 0 aromatic heterocycles. The molecule has 11 heavy (non-hydrogen) atoms. The van der Waals surface area contributed by atoms with Crippen molar-refractivity contribution in [3.63, 3.8) is 0 Å². The lowest BCUT2D eigenvalue weighted by atomic mass is 10.1. The van der Waals surface area contributed by atoms with Crippen molar-refractivity contribution in [2.24, 2.45) is 5.41 Å². The van der Waals surface area contributed by atoms with Gasteiger partial charge in [0.05, 0.1) is 6.54 Å². The number of hydrogen-bond acceptors (Lipinski definition) is 1. The van der Waals surface area contributed by atoms with Crippen molar-refractivity contribution in [1.29, 1.82) is 0 Å². The normalized spacial score (nSPS) is 18.5. The molecule has 0 atom stereocenters. The molecule has 0 radical (unpaired) electrons. The molecule has 2 heteroatoms. The first kappa shape index (κ1) is 8.13. The summed E-state index contributed by atoms with van der Waals surface area (Å²) in [4.78, 5) is 11.1. The maximum Gasteiger partial charge on any atom is 0.221 e. The van der Waals surface area contributed by atoms with Gasteiger partial charge in [-0.3, -0.25) is 4.79 Å². The fraction of sp³-hybridized carbons (Fsp3) is 0.667. The minimum Gasteiger partial charge on any atom is -0.345 e. The van der Waals surface area contributed by atoms with Crippen LogP contribution in [0.3, 0.4) is 0 Å². The van der Waals surface area contributed by atoms with E-state index in [9.17, 15) is 4.79 Å². The molecule has 2 nitrogen and oxygen atoms in total. The second-order valence-corrected chi connectivity index (χ2v) is 3.47. The van der Waals surface area contributed by atoms with E-state index in [1.54, 1.807) is 0 Å². The molecule has 0 saturated heterocycles. The van der Waals surface area contributed by atoms with Gasteiger partial charge in [0.1, 0.15) is 0 Å². The summed E-state index contributed by atoms with van der Waals surface area (Å²) in [6, 6.07) is 0. The predicted molar refractivity (Wildman–Crippen MR) is 43.8 cm³/mol. The minimum atomic E-state index is 0.0861. The maximum absolute atomic E-state index is 11.1. The molecule has 0 heterocycles. The molecule has 0 aliphatic heterocycles. The van der Waals surface area contributed by atoms with E-state index in [0.29, 0.717) is 18.4 Å². The summed E-state index contributed by atoms with van der Waals surface area (Å²) in [6.07, 6.45) is 7.98. The topological polar surface area (TPSA) is 29.1 Å². The molecule has 1 saturated carbocycles. The van der Waals surface area contributed by atoms with Crippen LogP contribution in [0.5, 0.6) is 0 Å². The fourth-order valence-electron chi connectivity index (χ4n) is 0.990. The number of rotatable bonds is 3. The minimum absolute atomic E-state index is 0.0861. The highest BCUT2D eigenvalue weighted by Crippen LogP contribution is 2.47. The molecular weight excluding hydrogens is 138 g/mol. The lowest BCUT2D eigenvalue weighted by Gasteiger charge is -2.06. The van der Waals surface area contributed by atoms with Crippen LogP contribution < -0.4 is 5.32 Å². The van der Waals surface area contributed by atoms with E-state index >= 15 is 0 Å². The molecule has 1 N–H and O–H groups in total. The second kappa shape index (κ2) is 2.96. The Kier molecular flexibility index (Phi) is 2.19. The number of carbonyl (C=O) groups excluding carboxylic acids is 1. The van der Waals surface area contributed by atoms with Crippen LogP contribution in [0.15, 0.2) is 0 Å². The maximum atomic E-state index is 11.1. The number of amides is 1. The van der Waals surface area contributed by atoms with Crippen molar-refractivity contribution in [1.82, 2.24) is 5.32 Å². The van der Waals surface area contributed by atoms with Gasteiger partial charge in [0.15, 0.2) is 0 Å². The number of nitrogens with one attached hydrogen (secondary N) is 1. The van der Waals surface area contributed by atoms with Gasteiger partial charge in [0.2, 0.25) is 5.91 Å². The van der Waals surface area contributed by atoms with Crippen LogP contribution in [0.1, 0.15) is 26.2 Å². The third-order valence-electron chi connectivity index (χ3n) is 2.08. The van der Waals surface area contributed by atoms with Gasteiger partial charge in [-0.1, -0.05) is 12.8 Å². The Morgan fingerprint density at radius 2 is 2.36 bits per heavy atom. The standard InChI is InChI=1S/C9H13NO/c1-3-6-10-8(11)7-9(2)4-5-9/h1H,4-7H2,2H3,(H,10,11). The van der Waals surface area contributed by atoms with Crippen molar-refractivity contribution in [2.45, 2.75) is 26.2 Å². The van der Waals surface area contributed by atoms with Gasteiger partial charge < -0.3 is 5.32 Å². The van der Waals surface area contributed by atoms with Gasteiger partial charge in [-0.25, -0.2) is 0 Å². The molecule has 0 unspecified atom stereocenters. The summed E-state index contributed by atoms with van der Waals surface area (Å²) in [7, 11) is 0. The number of hydrogen-bond donors (Lipinski definition) is 1. The van der Waals surface area contributed by atoms with Crippen LogP contribution in [0.25, 0.3) is 0 Å². The highest BCUT2D eigenvalue weighted by atomic mass is 16.1. The van der Waals surface area contributed by atoms with E-state index in [0.717, 1.165) is 0 Å². The van der Waals surface area contributed by atoms with Crippen molar-refractivity contribution in [3.05, 3.63) is 0 Å². The lowest BCUT2D eigenvalue weighted by Crippen LogP contribution is -2.25. The van der Waals surface area contributed by atoms with E-state index < -0.39 is 0 Å². The van der Waals surface area contributed by atoms with Gasteiger partial charge in [-0.2, -0.15) is 0 Å². The van der Waals surface area contributed by atoms with Crippen LogP contribution in [-0.4, -0.2) is 12.5 Å². The molecule has 1 amide bonds. The molecule has 1 fully saturated rings. The average molecular weight is 151 g/mol. The van der Waals surface area contributed by atoms with Crippen LogP contribution in [0, 0.1) is 17.8 Å². The monoisotopic (exact) mass is 151 g/mol. The summed E-state index contributed by atoms with van der Waals surface area (Å²) in [5, 5.41) is 2.65. The first-order valence-electron chi connectivity index (χ1n) is 3.86. The molecule has 0 aromatic rings. The van der Waals surface area contributed by atoms with Gasteiger partial charge in [-0.05, 0) is 18.3 Å². The Hall–Kier alpha value is -0.970. The summed E-state index contributed by atoms with van der Waals surface area (Å²) >= 11 is 0. The van der Waals surface area contributed by atoms with Crippen LogP contribution >= 0.6 is 0 Å².